The number of hydrogen-bond acceptors (Lipinski definition) is 4. The van der Waals surface area contributed by atoms with Crippen LogP contribution >= 0.6 is 0 Å². The quantitative estimate of drug-likeness (QED) is 0.723. The number of anilines is 1. The number of hydrogen-bond donors (Lipinski definition) is 1. The van der Waals surface area contributed by atoms with Crippen LogP contribution < -0.4 is 10.1 Å². The standard InChI is InChI=1S/C18H19N3O4/c1-20-9-8-13-14(20)10-15(18(23)25-3)21(13)11-17(22)19-12-6-4-5-7-16(12)24-2/h4-10H,11H2,1-3H3,(H,19,22). The van der Waals surface area contributed by atoms with Gasteiger partial charge in [0, 0.05) is 13.2 Å². The molecule has 0 fully saturated rings. The van der Waals surface area contributed by atoms with Gasteiger partial charge in [-0.05, 0) is 24.3 Å². The van der Waals surface area contributed by atoms with Crippen LogP contribution in [0.3, 0.4) is 0 Å². The van der Waals surface area contributed by atoms with E-state index in [-0.39, 0.29) is 12.5 Å². The molecule has 2 heterocycles. The molecule has 25 heavy (non-hydrogen) atoms. The molecule has 0 aliphatic heterocycles. The molecule has 0 unspecified atom stereocenters. The number of esters is 1. The first kappa shape index (κ1) is 16.6. The molecule has 0 bridgehead atoms. The molecule has 0 radical (unpaired) electrons. The maximum absolute atomic E-state index is 12.5. The highest BCUT2D eigenvalue weighted by Crippen LogP contribution is 2.24. The van der Waals surface area contributed by atoms with Gasteiger partial charge in [-0.25, -0.2) is 4.79 Å². The number of fused-ring (bicyclic) bond motifs is 1. The lowest BCUT2D eigenvalue weighted by molar-refractivity contribution is -0.116. The summed E-state index contributed by atoms with van der Waals surface area (Å²) in [6, 6.07) is 10.7. The molecule has 0 aliphatic carbocycles. The number of rotatable bonds is 5. The summed E-state index contributed by atoms with van der Waals surface area (Å²) in [4.78, 5) is 24.6. The van der Waals surface area contributed by atoms with Gasteiger partial charge in [0.1, 0.15) is 18.0 Å². The van der Waals surface area contributed by atoms with Crippen molar-refractivity contribution in [3.05, 3.63) is 48.3 Å². The average Bonchev–Trinajstić information content (AvgIpc) is 3.15. The molecule has 130 valence electrons. The van der Waals surface area contributed by atoms with Crippen molar-refractivity contribution in [2.45, 2.75) is 6.54 Å². The fourth-order valence-corrected chi connectivity index (χ4v) is 2.80. The van der Waals surface area contributed by atoms with E-state index in [0.29, 0.717) is 17.1 Å². The lowest BCUT2D eigenvalue weighted by Crippen LogP contribution is -2.21. The fraction of sp³-hybridized carbons (Fsp3) is 0.222. The second-order valence-corrected chi connectivity index (χ2v) is 5.55. The lowest BCUT2D eigenvalue weighted by Gasteiger charge is -2.12. The van der Waals surface area contributed by atoms with E-state index in [1.807, 2.05) is 36.0 Å². The average molecular weight is 341 g/mol. The van der Waals surface area contributed by atoms with E-state index in [9.17, 15) is 9.59 Å². The summed E-state index contributed by atoms with van der Waals surface area (Å²) in [7, 11) is 4.74. The molecule has 1 aromatic carbocycles. The number of ether oxygens (including phenoxy) is 2. The van der Waals surface area contributed by atoms with E-state index in [4.69, 9.17) is 9.47 Å². The fourth-order valence-electron chi connectivity index (χ4n) is 2.80. The first-order valence-electron chi connectivity index (χ1n) is 7.71. The maximum atomic E-state index is 12.5. The van der Waals surface area contributed by atoms with E-state index in [2.05, 4.69) is 5.32 Å². The third-order valence-corrected chi connectivity index (χ3v) is 4.03. The van der Waals surface area contributed by atoms with Crippen molar-refractivity contribution in [3.63, 3.8) is 0 Å². The van der Waals surface area contributed by atoms with Gasteiger partial charge < -0.3 is 23.9 Å². The van der Waals surface area contributed by atoms with E-state index in [0.717, 1.165) is 11.0 Å². The summed E-state index contributed by atoms with van der Waals surface area (Å²) >= 11 is 0. The van der Waals surface area contributed by atoms with Crippen molar-refractivity contribution in [2.24, 2.45) is 7.05 Å². The number of nitrogens with one attached hydrogen (secondary N) is 1. The maximum Gasteiger partial charge on any atom is 0.354 e. The Bertz CT molecular complexity index is 939. The van der Waals surface area contributed by atoms with Crippen molar-refractivity contribution in [2.75, 3.05) is 19.5 Å². The summed E-state index contributed by atoms with van der Waals surface area (Å²) in [5, 5.41) is 2.81. The second-order valence-electron chi connectivity index (χ2n) is 5.55. The number of benzene rings is 1. The van der Waals surface area contributed by atoms with Crippen molar-refractivity contribution in [1.29, 1.82) is 0 Å². The SMILES string of the molecule is COC(=O)c1cc2c(ccn2C)n1CC(=O)Nc1ccccc1OC. The van der Waals surface area contributed by atoms with Crippen LogP contribution in [0.15, 0.2) is 42.6 Å². The highest BCUT2D eigenvalue weighted by molar-refractivity contribution is 5.98. The number of carbonyl (C=O) groups is 2. The molecule has 0 aliphatic rings. The van der Waals surface area contributed by atoms with Gasteiger partial charge in [0.2, 0.25) is 5.91 Å². The lowest BCUT2D eigenvalue weighted by atomic mass is 10.3. The third kappa shape index (κ3) is 3.08. The zero-order valence-electron chi connectivity index (χ0n) is 14.3. The van der Waals surface area contributed by atoms with Crippen LogP contribution in [0, 0.1) is 0 Å². The Morgan fingerprint density at radius 3 is 2.60 bits per heavy atom. The normalized spacial score (nSPS) is 10.7. The van der Waals surface area contributed by atoms with Gasteiger partial charge in [-0.15, -0.1) is 0 Å². The van der Waals surface area contributed by atoms with E-state index in [1.165, 1.54) is 7.11 Å². The smallest absolute Gasteiger partial charge is 0.354 e. The summed E-state index contributed by atoms with van der Waals surface area (Å²) in [5.41, 5.74) is 2.55. The van der Waals surface area contributed by atoms with Crippen molar-refractivity contribution < 1.29 is 19.1 Å². The first-order valence-corrected chi connectivity index (χ1v) is 7.71. The van der Waals surface area contributed by atoms with Crippen LogP contribution in [0.5, 0.6) is 5.75 Å². The minimum absolute atomic E-state index is 0.0179. The van der Waals surface area contributed by atoms with Crippen LogP contribution in [-0.2, 0) is 23.1 Å². The molecule has 0 spiro atoms. The van der Waals surface area contributed by atoms with E-state index in [1.54, 1.807) is 29.9 Å². The van der Waals surface area contributed by atoms with Crippen LogP contribution in [0.1, 0.15) is 10.5 Å². The number of carbonyl (C=O) groups excluding carboxylic acids is 2. The first-order chi connectivity index (χ1) is 12.0. The number of nitrogens with zero attached hydrogens (tertiary/aromatic N) is 2. The zero-order chi connectivity index (χ0) is 18.0. The molecule has 0 saturated heterocycles. The van der Waals surface area contributed by atoms with Crippen molar-refractivity contribution >= 4 is 28.6 Å². The van der Waals surface area contributed by atoms with Crippen LogP contribution in [-0.4, -0.2) is 35.2 Å². The summed E-state index contributed by atoms with van der Waals surface area (Å²) in [5.74, 6) is -0.182. The minimum Gasteiger partial charge on any atom is -0.495 e. The summed E-state index contributed by atoms with van der Waals surface area (Å²) in [6.07, 6.45) is 1.88. The van der Waals surface area contributed by atoms with Gasteiger partial charge in [-0.2, -0.15) is 0 Å². The Balaban J connectivity index is 1.91. The molecule has 0 atom stereocenters. The van der Waals surface area contributed by atoms with Gasteiger partial charge >= 0.3 is 5.97 Å². The number of aromatic nitrogens is 2. The molecular formula is C18H19N3O4. The Labute approximate surface area is 144 Å². The van der Waals surface area contributed by atoms with E-state index < -0.39 is 5.97 Å². The molecule has 1 amide bonds. The second kappa shape index (κ2) is 6.72. The van der Waals surface area contributed by atoms with E-state index >= 15 is 0 Å². The molecule has 3 rings (SSSR count). The monoisotopic (exact) mass is 341 g/mol. The molecule has 2 aromatic heterocycles. The van der Waals surface area contributed by atoms with Crippen LogP contribution in [0.2, 0.25) is 0 Å². The molecule has 0 saturated carbocycles. The predicted molar refractivity (Wildman–Crippen MR) is 93.9 cm³/mol. The number of amides is 1. The molecule has 7 heteroatoms. The van der Waals surface area contributed by atoms with Crippen LogP contribution in [0.4, 0.5) is 5.69 Å². The number of methoxy groups -OCH3 is 2. The van der Waals surface area contributed by atoms with Gasteiger partial charge in [0.25, 0.3) is 0 Å². The number of aryl methyl sites for hydroxylation is 1. The third-order valence-electron chi connectivity index (χ3n) is 4.03. The van der Waals surface area contributed by atoms with Gasteiger partial charge in [-0.1, -0.05) is 12.1 Å². The van der Waals surface area contributed by atoms with Crippen molar-refractivity contribution in [3.8, 4) is 5.75 Å². The molecule has 1 N–H and O–H groups in total. The highest BCUT2D eigenvalue weighted by Gasteiger charge is 2.20. The van der Waals surface area contributed by atoms with Gasteiger partial charge in [-0.3, -0.25) is 4.79 Å². The summed E-state index contributed by atoms with van der Waals surface area (Å²) < 4.78 is 13.6. The minimum atomic E-state index is -0.485. The highest BCUT2D eigenvalue weighted by atomic mass is 16.5. The topological polar surface area (TPSA) is 74.5 Å². The number of para-hydroxylation sites is 2. The molecule has 3 aromatic rings. The van der Waals surface area contributed by atoms with Crippen molar-refractivity contribution in [1.82, 2.24) is 9.13 Å². The Hall–Kier alpha value is -3.22. The Morgan fingerprint density at radius 2 is 1.88 bits per heavy atom. The summed E-state index contributed by atoms with van der Waals surface area (Å²) in [6.45, 7) is -0.0179. The Kier molecular flexibility index (Phi) is 4.47. The Morgan fingerprint density at radius 1 is 1.12 bits per heavy atom. The zero-order valence-corrected chi connectivity index (χ0v) is 14.3. The van der Waals surface area contributed by atoms with Gasteiger partial charge in [0.05, 0.1) is 30.9 Å². The predicted octanol–water partition coefficient (Wildman–Crippen LogP) is 2.41. The molecular weight excluding hydrogens is 322 g/mol. The van der Waals surface area contributed by atoms with Crippen LogP contribution in [0.25, 0.3) is 11.0 Å². The molecule has 7 nitrogen and oxygen atoms in total. The van der Waals surface area contributed by atoms with Gasteiger partial charge in [0.15, 0.2) is 0 Å². The largest absolute Gasteiger partial charge is 0.495 e.